The van der Waals surface area contributed by atoms with Gasteiger partial charge in [0.25, 0.3) is 5.56 Å². The number of carbonyl (C=O) groups excluding carboxylic acids is 1. The van der Waals surface area contributed by atoms with Crippen LogP contribution in [0.25, 0.3) is 6.08 Å². The molecule has 0 unspecified atom stereocenters. The highest BCUT2D eigenvalue weighted by Gasteiger charge is 2.33. The Morgan fingerprint density at radius 3 is 2.52 bits per heavy atom. The Labute approximate surface area is 191 Å². The fourth-order valence-electron chi connectivity index (χ4n) is 3.64. The van der Waals surface area contributed by atoms with Crippen molar-refractivity contribution in [2.75, 3.05) is 6.61 Å². The second-order valence-electron chi connectivity index (χ2n) is 7.16. The summed E-state index contributed by atoms with van der Waals surface area (Å²) in [5, 5.41) is 0. The summed E-state index contributed by atoms with van der Waals surface area (Å²) in [6, 6.07) is 14.5. The van der Waals surface area contributed by atoms with E-state index in [4.69, 9.17) is 4.74 Å². The lowest BCUT2D eigenvalue weighted by atomic mass is 9.96. The van der Waals surface area contributed by atoms with Gasteiger partial charge in [-0.3, -0.25) is 9.36 Å². The molecule has 2 heterocycles. The normalized spacial score (nSPS) is 15.9. The smallest absolute Gasteiger partial charge is 0.387 e. The van der Waals surface area contributed by atoms with Crippen LogP contribution in [0.15, 0.2) is 75.7 Å². The SMILES string of the molecule is CCOC(=O)C1=C(C)N=c2s/c(=C/c3ccc(OC(F)F)cc3)c(=O)n2[C@H]1c1ccccc1. The first-order valence-corrected chi connectivity index (χ1v) is 11.0. The van der Waals surface area contributed by atoms with Crippen LogP contribution in [0, 0.1) is 0 Å². The van der Waals surface area contributed by atoms with Crippen LogP contribution in [-0.4, -0.2) is 23.8 Å². The minimum Gasteiger partial charge on any atom is -0.463 e. The highest BCUT2D eigenvalue weighted by atomic mass is 32.1. The maximum absolute atomic E-state index is 13.4. The van der Waals surface area contributed by atoms with E-state index in [1.165, 1.54) is 28.0 Å². The molecule has 0 amide bonds. The molecule has 4 rings (SSSR count). The van der Waals surface area contributed by atoms with Gasteiger partial charge in [0.05, 0.1) is 28.5 Å². The first kappa shape index (κ1) is 22.6. The molecule has 1 aromatic heterocycles. The molecule has 0 spiro atoms. The Bertz CT molecular complexity index is 1380. The van der Waals surface area contributed by atoms with Crippen molar-refractivity contribution < 1.29 is 23.0 Å². The molecule has 1 aliphatic rings. The summed E-state index contributed by atoms with van der Waals surface area (Å²) in [5.74, 6) is -0.487. The topological polar surface area (TPSA) is 69.9 Å². The number of esters is 1. The zero-order chi connectivity index (χ0) is 23.5. The number of hydrogen-bond donors (Lipinski definition) is 0. The van der Waals surface area contributed by atoms with Crippen LogP contribution in [0.4, 0.5) is 8.78 Å². The van der Waals surface area contributed by atoms with E-state index in [2.05, 4.69) is 9.73 Å². The van der Waals surface area contributed by atoms with Gasteiger partial charge < -0.3 is 9.47 Å². The Morgan fingerprint density at radius 1 is 1.18 bits per heavy atom. The largest absolute Gasteiger partial charge is 0.463 e. The fourth-order valence-corrected chi connectivity index (χ4v) is 4.69. The molecule has 6 nitrogen and oxygen atoms in total. The standard InChI is InChI=1S/C24H20F2N2O4S/c1-3-31-22(30)19-14(2)27-24-28(20(19)16-7-5-4-6-8-16)21(29)18(33-24)13-15-9-11-17(12-10-15)32-23(25)26/h4-13,20,23H,3H2,1-2H3/b18-13+/t20-/m0/s1. The monoisotopic (exact) mass is 470 g/mol. The highest BCUT2D eigenvalue weighted by molar-refractivity contribution is 7.07. The molecule has 33 heavy (non-hydrogen) atoms. The summed E-state index contributed by atoms with van der Waals surface area (Å²) in [6.07, 6.45) is 1.65. The number of alkyl halides is 2. The summed E-state index contributed by atoms with van der Waals surface area (Å²) in [6.45, 7) is 0.737. The molecular weight excluding hydrogens is 450 g/mol. The van der Waals surface area contributed by atoms with Crippen molar-refractivity contribution in [2.45, 2.75) is 26.5 Å². The van der Waals surface area contributed by atoms with Crippen LogP contribution < -0.4 is 19.6 Å². The van der Waals surface area contributed by atoms with Gasteiger partial charge in [-0.1, -0.05) is 53.8 Å². The predicted octanol–water partition coefficient (Wildman–Crippen LogP) is 3.40. The maximum Gasteiger partial charge on any atom is 0.387 e. The van der Waals surface area contributed by atoms with Gasteiger partial charge in [0.2, 0.25) is 0 Å². The third-order valence-corrected chi connectivity index (χ3v) is 6.02. The minimum atomic E-state index is -2.91. The summed E-state index contributed by atoms with van der Waals surface area (Å²) in [4.78, 5) is 31.2. The summed E-state index contributed by atoms with van der Waals surface area (Å²) in [7, 11) is 0. The molecule has 9 heteroatoms. The summed E-state index contributed by atoms with van der Waals surface area (Å²) < 4.78 is 36.3. The quantitative estimate of drug-likeness (QED) is 0.518. The second kappa shape index (κ2) is 9.50. The summed E-state index contributed by atoms with van der Waals surface area (Å²) in [5.41, 5.74) is 1.89. The van der Waals surface area contributed by atoms with Crippen molar-refractivity contribution in [1.29, 1.82) is 0 Å². The molecule has 0 N–H and O–H groups in total. The lowest BCUT2D eigenvalue weighted by molar-refractivity contribution is -0.139. The number of halogens is 2. The van der Waals surface area contributed by atoms with Crippen molar-refractivity contribution in [3.8, 4) is 5.75 Å². The molecule has 3 aromatic rings. The van der Waals surface area contributed by atoms with E-state index in [9.17, 15) is 18.4 Å². The van der Waals surface area contributed by atoms with Crippen molar-refractivity contribution in [2.24, 2.45) is 4.99 Å². The molecule has 0 aliphatic carbocycles. The van der Waals surface area contributed by atoms with E-state index >= 15 is 0 Å². The Hall–Kier alpha value is -3.59. The van der Waals surface area contributed by atoms with Gasteiger partial charge in [0.15, 0.2) is 4.80 Å². The van der Waals surface area contributed by atoms with Crippen LogP contribution in [0.2, 0.25) is 0 Å². The third kappa shape index (κ3) is 4.63. The highest BCUT2D eigenvalue weighted by Crippen LogP contribution is 2.30. The lowest BCUT2D eigenvalue weighted by Gasteiger charge is -2.24. The molecule has 0 saturated carbocycles. The van der Waals surface area contributed by atoms with E-state index < -0.39 is 18.6 Å². The molecule has 0 saturated heterocycles. The number of aromatic nitrogens is 1. The number of benzene rings is 2. The number of thiazole rings is 1. The number of nitrogens with zero attached hydrogens (tertiary/aromatic N) is 2. The fraction of sp³-hybridized carbons (Fsp3) is 0.208. The van der Waals surface area contributed by atoms with Gasteiger partial charge in [-0.15, -0.1) is 0 Å². The predicted molar refractivity (Wildman–Crippen MR) is 120 cm³/mol. The number of hydrogen-bond acceptors (Lipinski definition) is 6. The van der Waals surface area contributed by atoms with Gasteiger partial charge in [-0.05, 0) is 43.2 Å². The number of carbonyl (C=O) groups is 1. The van der Waals surface area contributed by atoms with Crippen molar-refractivity contribution in [3.63, 3.8) is 0 Å². The van der Waals surface area contributed by atoms with Gasteiger partial charge in [0, 0.05) is 0 Å². The zero-order valence-electron chi connectivity index (χ0n) is 17.8. The first-order chi connectivity index (χ1) is 15.9. The van der Waals surface area contributed by atoms with E-state index in [1.54, 1.807) is 32.1 Å². The molecule has 1 aliphatic heterocycles. The van der Waals surface area contributed by atoms with Gasteiger partial charge in [-0.25, -0.2) is 9.79 Å². The van der Waals surface area contributed by atoms with Crippen LogP contribution in [0.1, 0.15) is 31.0 Å². The number of ether oxygens (including phenoxy) is 2. The van der Waals surface area contributed by atoms with E-state index in [0.29, 0.717) is 26.2 Å². The number of allylic oxidation sites excluding steroid dienone is 1. The van der Waals surface area contributed by atoms with Crippen molar-refractivity contribution in [3.05, 3.63) is 96.7 Å². The molecule has 0 bridgehead atoms. The Balaban J connectivity index is 1.84. The summed E-state index contributed by atoms with van der Waals surface area (Å²) >= 11 is 1.19. The third-order valence-electron chi connectivity index (χ3n) is 5.04. The number of fused-ring (bicyclic) bond motifs is 1. The second-order valence-corrected chi connectivity index (χ2v) is 8.17. The van der Waals surface area contributed by atoms with Gasteiger partial charge in [0.1, 0.15) is 5.75 Å². The van der Waals surface area contributed by atoms with Gasteiger partial charge in [-0.2, -0.15) is 8.78 Å². The molecule has 2 aromatic carbocycles. The number of rotatable bonds is 6. The van der Waals surface area contributed by atoms with Crippen LogP contribution in [-0.2, 0) is 9.53 Å². The molecule has 1 atom stereocenters. The first-order valence-electron chi connectivity index (χ1n) is 10.2. The van der Waals surface area contributed by atoms with Crippen LogP contribution in [0.5, 0.6) is 5.75 Å². The van der Waals surface area contributed by atoms with Crippen LogP contribution in [0.3, 0.4) is 0 Å². The van der Waals surface area contributed by atoms with Crippen LogP contribution >= 0.6 is 11.3 Å². The molecule has 0 fully saturated rings. The Kier molecular flexibility index (Phi) is 6.50. The van der Waals surface area contributed by atoms with Crippen molar-refractivity contribution >= 4 is 23.4 Å². The lowest BCUT2D eigenvalue weighted by Crippen LogP contribution is -2.39. The van der Waals surface area contributed by atoms with E-state index in [0.717, 1.165) is 5.56 Å². The van der Waals surface area contributed by atoms with Crippen molar-refractivity contribution in [1.82, 2.24) is 4.57 Å². The maximum atomic E-state index is 13.4. The molecule has 170 valence electrons. The Morgan fingerprint density at radius 2 is 1.88 bits per heavy atom. The average molecular weight is 470 g/mol. The molecule has 0 radical (unpaired) electrons. The average Bonchev–Trinajstić information content (AvgIpc) is 3.09. The zero-order valence-corrected chi connectivity index (χ0v) is 18.6. The van der Waals surface area contributed by atoms with E-state index in [1.807, 2.05) is 30.3 Å². The molecular formula is C24H20F2N2O4S. The minimum absolute atomic E-state index is 0.0300. The van der Waals surface area contributed by atoms with E-state index in [-0.39, 0.29) is 17.9 Å². The van der Waals surface area contributed by atoms with Gasteiger partial charge >= 0.3 is 12.6 Å².